The Morgan fingerprint density at radius 3 is 2.33 bits per heavy atom. The van der Waals surface area contributed by atoms with Gasteiger partial charge in [0.05, 0.1) is 15.5 Å². The van der Waals surface area contributed by atoms with Gasteiger partial charge in [0.15, 0.2) is 5.78 Å². The molecule has 0 saturated heterocycles. The maximum absolute atomic E-state index is 12.9. The monoisotopic (exact) mass is 538 g/mol. The summed E-state index contributed by atoms with van der Waals surface area (Å²) in [5.74, 6) is -1.47. The molecule has 1 atom stereocenters. The molecular weight excluding hydrogens is 524 g/mol. The zero-order valence-corrected chi connectivity index (χ0v) is 19.8. The molecule has 0 radical (unpaired) electrons. The van der Waals surface area contributed by atoms with Crippen molar-refractivity contribution in [3.63, 3.8) is 0 Å². The van der Waals surface area contributed by atoms with E-state index in [1.165, 1.54) is 31.2 Å². The van der Waals surface area contributed by atoms with Crippen LogP contribution in [-0.2, 0) is 16.6 Å². The maximum Gasteiger partial charge on any atom is 0.416 e. The van der Waals surface area contributed by atoms with Crippen LogP contribution < -0.4 is 9.47 Å². The van der Waals surface area contributed by atoms with Crippen LogP contribution in [0.2, 0.25) is 10.0 Å². The fraction of sp³-hybridized carbons (Fsp3) is 0.167. The Morgan fingerprint density at radius 1 is 1.06 bits per heavy atom. The minimum absolute atomic E-state index is 0.0516. The number of carbonyl (C=O) groups is 1. The molecule has 12 heteroatoms. The zero-order chi connectivity index (χ0) is 26.7. The van der Waals surface area contributed by atoms with Gasteiger partial charge in [-0.25, -0.2) is 0 Å². The van der Waals surface area contributed by atoms with E-state index in [9.17, 15) is 33.3 Å². The number of hydrogen-bond donors (Lipinski definition) is 0. The molecule has 186 valence electrons. The topological polar surface area (TPSA) is 102 Å². The van der Waals surface area contributed by atoms with E-state index in [4.69, 9.17) is 32.7 Å². The van der Waals surface area contributed by atoms with Gasteiger partial charge in [-0.3, -0.25) is 14.9 Å². The van der Waals surface area contributed by atoms with Crippen LogP contribution in [-0.4, -0.2) is 10.7 Å². The number of rotatable bonds is 8. The lowest BCUT2D eigenvalue weighted by Gasteiger charge is -2.26. The molecule has 36 heavy (non-hydrogen) atoms. The van der Waals surface area contributed by atoms with Crippen LogP contribution in [0.3, 0.4) is 0 Å². The molecule has 1 unspecified atom stereocenters. The van der Waals surface area contributed by atoms with Gasteiger partial charge >= 0.3 is 11.9 Å². The summed E-state index contributed by atoms with van der Waals surface area (Å²) in [7, 11) is 0. The molecule has 3 aromatic carbocycles. The van der Waals surface area contributed by atoms with Gasteiger partial charge in [0.1, 0.15) is 17.6 Å². The second-order valence-corrected chi connectivity index (χ2v) is 8.16. The fourth-order valence-corrected chi connectivity index (χ4v) is 3.63. The summed E-state index contributed by atoms with van der Waals surface area (Å²) in [5.41, 5.74) is -3.82. The van der Waals surface area contributed by atoms with Gasteiger partial charge in [0.25, 0.3) is 5.60 Å². The number of nitrogens with zero attached hydrogens (tertiary/aromatic N) is 2. The normalized spacial score (nSPS) is 12.8. The molecule has 0 heterocycles. The van der Waals surface area contributed by atoms with Crippen molar-refractivity contribution in [1.82, 2.24) is 0 Å². The number of ether oxygens (including phenoxy) is 2. The number of halogens is 5. The summed E-state index contributed by atoms with van der Waals surface area (Å²) >= 11 is 11.9. The van der Waals surface area contributed by atoms with E-state index in [1.54, 1.807) is 6.07 Å². The molecule has 0 aliphatic rings. The summed E-state index contributed by atoms with van der Waals surface area (Å²) < 4.78 is 50.0. The van der Waals surface area contributed by atoms with Crippen LogP contribution in [0.1, 0.15) is 24.5 Å². The minimum Gasteiger partial charge on any atom is -0.456 e. The third-order valence-electron chi connectivity index (χ3n) is 4.98. The molecule has 0 fully saturated rings. The Kier molecular flexibility index (Phi) is 7.77. The van der Waals surface area contributed by atoms with Crippen LogP contribution in [0.15, 0.2) is 60.7 Å². The number of carbonyl (C=O) groups excluding carboxylic acids is 1. The predicted octanol–water partition coefficient (Wildman–Crippen LogP) is 7.49. The predicted molar refractivity (Wildman–Crippen MR) is 124 cm³/mol. The first kappa shape index (κ1) is 26.8. The number of nitro benzene ring substituents is 1. The van der Waals surface area contributed by atoms with Crippen molar-refractivity contribution < 1.29 is 32.4 Å². The number of Topliss-reactive ketones (excluding diaryl/α,β-unsaturated/α-hetero) is 1. The van der Waals surface area contributed by atoms with E-state index in [-0.39, 0.29) is 33.5 Å². The van der Waals surface area contributed by atoms with E-state index >= 15 is 0 Å². The average molecular weight is 539 g/mol. The lowest BCUT2D eigenvalue weighted by atomic mass is 9.89. The summed E-state index contributed by atoms with van der Waals surface area (Å²) in [6, 6.07) is 13.1. The van der Waals surface area contributed by atoms with E-state index in [1.807, 2.05) is 0 Å². The number of hydrogen-bond acceptors (Lipinski definition) is 6. The number of benzene rings is 3. The smallest absolute Gasteiger partial charge is 0.416 e. The van der Waals surface area contributed by atoms with Crippen LogP contribution in [0.25, 0.3) is 0 Å². The summed E-state index contributed by atoms with van der Waals surface area (Å²) in [5, 5.41) is 21.5. The van der Waals surface area contributed by atoms with Crippen LogP contribution in [0.5, 0.6) is 17.2 Å². The van der Waals surface area contributed by atoms with Crippen molar-refractivity contribution in [1.29, 1.82) is 5.26 Å². The Balaban J connectivity index is 2.08. The molecule has 0 aromatic heterocycles. The van der Waals surface area contributed by atoms with Crippen molar-refractivity contribution in [2.45, 2.75) is 25.1 Å². The van der Waals surface area contributed by atoms with Gasteiger partial charge in [-0.1, -0.05) is 42.3 Å². The van der Waals surface area contributed by atoms with Gasteiger partial charge in [0.2, 0.25) is 5.75 Å². The van der Waals surface area contributed by atoms with Gasteiger partial charge in [-0.05, 0) is 36.4 Å². The number of nitriles is 1. The number of nitro groups is 1. The molecule has 3 rings (SSSR count). The van der Waals surface area contributed by atoms with Crippen molar-refractivity contribution in [2.24, 2.45) is 0 Å². The van der Waals surface area contributed by atoms with Crippen molar-refractivity contribution in [3.05, 3.63) is 92.0 Å². The minimum atomic E-state index is -4.62. The maximum atomic E-state index is 12.9. The molecule has 0 spiro atoms. The second-order valence-electron chi connectivity index (χ2n) is 7.31. The molecule has 0 aliphatic carbocycles. The summed E-state index contributed by atoms with van der Waals surface area (Å²) in [6.07, 6.45) is -4.77. The molecule has 0 N–H and O–H groups in total. The van der Waals surface area contributed by atoms with Gasteiger partial charge < -0.3 is 9.47 Å². The first-order chi connectivity index (χ1) is 16.9. The van der Waals surface area contributed by atoms with Gasteiger partial charge in [-0.2, -0.15) is 18.4 Å². The molecule has 7 nitrogen and oxygen atoms in total. The quantitative estimate of drug-likeness (QED) is 0.217. The van der Waals surface area contributed by atoms with Crippen LogP contribution >= 0.6 is 23.2 Å². The van der Waals surface area contributed by atoms with E-state index in [0.29, 0.717) is 6.07 Å². The molecule has 0 saturated carbocycles. The molecule has 0 bridgehead atoms. The third kappa shape index (κ3) is 5.53. The highest BCUT2D eigenvalue weighted by Gasteiger charge is 2.44. The largest absolute Gasteiger partial charge is 0.456 e. The van der Waals surface area contributed by atoms with Gasteiger partial charge in [0, 0.05) is 29.1 Å². The molecule has 0 amide bonds. The summed E-state index contributed by atoms with van der Waals surface area (Å²) in [4.78, 5) is 23.8. The Hall–Kier alpha value is -3.81. The molecule has 3 aromatic rings. The van der Waals surface area contributed by atoms with E-state index in [0.717, 1.165) is 30.3 Å². The summed E-state index contributed by atoms with van der Waals surface area (Å²) in [6.45, 7) is 1.49. The van der Waals surface area contributed by atoms with E-state index < -0.39 is 39.5 Å². The van der Waals surface area contributed by atoms with Crippen molar-refractivity contribution in [3.8, 4) is 23.3 Å². The fourth-order valence-electron chi connectivity index (χ4n) is 3.23. The Bertz CT molecular complexity index is 1370. The first-order valence-corrected chi connectivity index (χ1v) is 10.9. The highest BCUT2D eigenvalue weighted by atomic mass is 35.5. The molecule has 0 aliphatic heterocycles. The van der Waals surface area contributed by atoms with E-state index in [2.05, 4.69) is 0 Å². The Labute approximate surface area is 212 Å². The highest BCUT2D eigenvalue weighted by Crippen LogP contribution is 2.41. The zero-order valence-electron chi connectivity index (χ0n) is 18.3. The van der Waals surface area contributed by atoms with Gasteiger partial charge in [-0.15, -0.1) is 0 Å². The van der Waals surface area contributed by atoms with Crippen LogP contribution in [0.4, 0.5) is 18.9 Å². The van der Waals surface area contributed by atoms with Crippen molar-refractivity contribution in [2.75, 3.05) is 0 Å². The van der Waals surface area contributed by atoms with Crippen molar-refractivity contribution >= 4 is 34.7 Å². The molecular formula is C24H15Cl2F3N2O5. The number of alkyl halides is 3. The SMILES string of the molecule is CCC(=O)C(C#N)(Oc1cc(Oc2ccc(C(F)(F)F)cc2Cl)ccc1[N+](=O)[O-])c1cccc(Cl)c1. The lowest BCUT2D eigenvalue weighted by Crippen LogP contribution is -2.40. The number of ketones is 1. The van der Waals surface area contributed by atoms with Crippen LogP contribution in [0, 0.1) is 21.4 Å². The standard InChI is InChI=1S/C24H15Cl2F3N2O5/c1-2-22(32)23(13-30,14-4-3-5-16(25)10-14)36-21-12-17(7-8-19(21)31(33)34)35-20-9-6-15(11-18(20)26)24(27,28)29/h3-12H,2H2,1H3. The lowest BCUT2D eigenvalue weighted by molar-refractivity contribution is -0.386. The first-order valence-electron chi connectivity index (χ1n) is 10.1. The Morgan fingerprint density at radius 2 is 1.78 bits per heavy atom. The average Bonchev–Trinajstić information content (AvgIpc) is 2.82. The third-order valence-corrected chi connectivity index (χ3v) is 5.51. The second kappa shape index (κ2) is 10.4. The highest BCUT2D eigenvalue weighted by molar-refractivity contribution is 6.32.